The van der Waals surface area contributed by atoms with Crippen molar-refractivity contribution >= 4 is 28.4 Å². The molecule has 2 fully saturated rings. The molecule has 5 heteroatoms. The number of anilines is 1. The lowest BCUT2D eigenvalue weighted by atomic mass is 10.2. The number of aromatic nitrogens is 2. The van der Waals surface area contributed by atoms with Crippen molar-refractivity contribution in [3.63, 3.8) is 0 Å². The maximum Gasteiger partial charge on any atom is 0.205 e. The van der Waals surface area contributed by atoms with Crippen LogP contribution in [0.25, 0.3) is 0 Å². The Bertz CT molecular complexity index is 362. The Morgan fingerprint density at radius 3 is 2.94 bits per heavy atom. The van der Waals surface area contributed by atoms with Crippen molar-refractivity contribution in [3.05, 3.63) is 5.82 Å². The predicted octanol–water partition coefficient (Wildman–Crippen LogP) is 2.75. The largest absolute Gasteiger partial charge is 0.343 e. The summed E-state index contributed by atoms with van der Waals surface area (Å²) < 4.78 is 4.50. The molecule has 16 heavy (non-hydrogen) atoms. The van der Waals surface area contributed by atoms with Crippen molar-refractivity contribution in [3.8, 4) is 0 Å². The maximum atomic E-state index is 4.71. The van der Waals surface area contributed by atoms with Crippen LogP contribution in [0.1, 0.15) is 37.9 Å². The summed E-state index contributed by atoms with van der Waals surface area (Å²) >= 11 is 3.65. The number of rotatable bonds is 2. The fraction of sp³-hybridized carbons (Fsp3) is 0.818. The van der Waals surface area contributed by atoms with Gasteiger partial charge in [-0.05, 0) is 31.9 Å². The van der Waals surface area contributed by atoms with Gasteiger partial charge in [0.1, 0.15) is 5.82 Å². The second kappa shape index (κ2) is 4.53. The van der Waals surface area contributed by atoms with E-state index in [2.05, 4.69) is 28.0 Å². The summed E-state index contributed by atoms with van der Waals surface area (Å²) in [5.41, 5.74) is 0. The van der Waals surface area contributed by atoms with E-state index in [0.717, 1.165) is 17.5 Å². The molecule has 0 amide bonds. The zero-order valence-corrected chi connectivity index (χ0v) is 11.2. The van der Waals surface area contributed by atoms with Crippen molar-refractivity contribution < 1.29 is 0 Å². The molecular weight excluding hydrogens is 238 g/mol. The molecule has 3 rings (SSSR count). The van der Waals surface area contributed by atoms with E-state index in [1.54, 1.807) is 11.5 Å². The second-order valence-electron chi connectivity index (χ2n) is 4.65. The lowest BCUT2D eigenvalue weighted by molar-refractivity contribution is 0.643. The summed E-state index contributed by atoms with van der Waals surface area (Å²) in [5.74, 6) is 4.29. The average molecular weight is 255 g/mol. The highest BCUT2D eigenvalue weighted by atomic mass is 32.2. The van der Waals surface area contributed by atoms with Gasteiger partial charge in [-0.3, -0.25) is 0 Å². The summed E-state index contributed by atoms with van der Waals surface area (Å²) in [6.07, 6.45) is 3.85. The van der Waals surface area contributed by atoms with Gasteiger partial charge in [-0.1, -0.05) is 0 Å². The number of hydrogen-bond donors (Lipinski definition) is 0. The Labute approximate surface area is 105 Å². The molecule has 0 N–H and O–H groups in total. The minimum absolute atomic E-state index is 0.620. The molecule has 0 radical (unpaired) electrons. The van der Waals surface area contributed by atoms with E-state index >= 15 is 0 Å². The Hall–Kier alpha value is -0.290. The molecule has 0 spiro atoms. The van der Waals surface area contributed by atoms with Crippen LogP contribution in [0.15, 0.2) is 0 Å². The van der Waals surface area contributed by atoms with Crippen molar-refractivity contribution in [2.75, 3.05) is 23.0 Å². The monoisotopic (exact) mass is 255 g/mol. The minimum atomic E-state index is 0.620. The Morgan fingerprint density at radius 2 is 2.12 bits per heavy atom. The summed E-state index contributed by atoms with van der Waals surface area (Å²) in [6.45, 7) is 3.44. The van der Waals surface area contributed by atoms with Crippen LogP contribution < -0.4 is 4.90 Å². The first-order chi connectivity index (χ1) is 7.84. The van der Waals surface area contributed by atoms with Crippen LogP contribution in [-0.4, -0.2) is 33.4 Å². The van der Waals surface area contributed by atoms with Gasteiger partial charge in [0, 0.05) is 35.8 Å². The van der Waals surface area contributed by atoms with Gasteiger partial charge in [-0.2, -0.15) is 16.1 Å². The topological polar surface area (TPSA) is 29.0 Å². The van der Waals surface area contributed by atoms with E-state index in [-0.39, 0.29) is 0 Å². The van der Waals surface area contributed by atoms with Crippen molar-refractivity contribution in [2.45, 2.75) is 38.1 Å². The van der Waals surface area contributed by atoms with Gasteiger partial charge in [0.25, 0.3) is 0 Å². The van der Waals surface area contributed by atoms with Crippen LogP contribution in [0, 0.1) is 0 Å². The van der Waals surface area contributed by atoms with Crippen molar-refractivity contribution in [2.24, 2.45) is 0 Å². The van der Waals surface area contributed by atoms with Gasteiger partial charge in [0.2, 0.25) is 5.13 Å². The molecule has 1 aromatic rings. The van der Waals surface area contributed by atoms with Crippen molar-refractivity contribution in [1.29, 1.82) is 0 Å². The van der Waals surface area contributed by atoms with E-state index < -0.39 is 0 Å². The van der Waals surface area contributed by atoms with Crippen LogP contribution >= 0.6 is 23.3 Å². The highest BCUT2D eigenvalue weighted by Gasteiger charge is 2.29. The Morgan fingerprint density at radius 1 is 1.25 bits per heavy atom. The number of thioether (sulfide) groups is 1. The van der Waals surface area contributed by atoms with Gasteiger partial charge in [0.15, 0.2) is 0 Å². The normalized spacial score (nSPS) is 26.8. The lowest BCUT2D eigenvalue weighted by Crippen LogP contribution is -2.33. The number of hydrogen-bond acceptors (Lipinski definition) is 5. The molecule has 2 aliphatic rings. The smallest absolute Gasteiger partial charge is 0.205 e. The van der Waals surface area contributed by atoms with Gasteiger partial charge in [-0.25, -0.2) is 4.98 Å². The van der Waals surface area contributed by atoms with Gasteiger partial charge in [-0.15, -0.1) is 0 Å². The molecule has 1 aromatic heterocycles. The highest BCUT2D eigenvalue weighted by Crippen LogP contribution is 2.40. The molecule has 1 aliphatic carbocycles. The van der Waals surface area contributed by atoms with E-state index in [0.29, 0.717) is 12.0 Å². The molecule has 1 atom stereocenters. The second-order valence-corrected chi connectivity index (χ2v) is 6.61. The van der Waals surface area contributed by atoms with Gasteiger partial charge >= 0.3 is 0 Å². The van der Waals surface area contributed by atoms with Crippen LogP contribution in [0.2, 0.25) is 0 Å². The molecule has 0 aromatic carbocycles. The SMILES string of the molecule is CC1CCSCCN1c1nc(C2CC2)ns1. The Kier molecular flexibility index (Phi) is 3.07. The zero-order chi connectivity index (χ0) is 11.0. The molecule has 2 heterocycles. The predicted molar refractivity (Wildman–Crippen MR) is 70.6 cm³/mol. The molecule has 1 saturated carbocycles. The highest BCUT2D eigenvalue weighted by molar-refractivity contribution is 7.99. The minimum Gasteiger partial charge on any atom is -0.343 e. The quantitative estimate of drug-likeness (QED) is 0.812. The third-order valence-corrected chi connectivity index (χ3v) is 5.07. The first kappa shape index (κ1) is 10.8. The molecule has 0 bridgehead atoms. The van der Waals surface area contributed by atoms with Crippen molar-refractivity contribution in [1.82, 2.24) is 9.36 Å². The summed E-state index contributed by atoms with van der Waals surface area (Å²) in [5, 5.41) is 1.15. The molecular formula is C11H17N3S2. The van der Waals surface area contributed by atoms with Crippen LogP contribution in [0.4, 0.5) is 5.13 Å². The third kappa shape index (κ3) is 2.20. The Balaban J connectivity index is 1.77. The molecule has 3 nitrogen and oxygen atoms in total. The first-order valence-electron chi connectivity index (χ1n) is 6.02. The molecule has 1 aliphatic heterocycles. The molecule has 1 unspecified atom stereocenters. The van der Waals surface area contributed by atoms with Gasteiger partial charge < -0.3 is 4.90 Å². The summed E-state index contributed by atoms with van der Waals surface area (Å²) in [4.78, 5) is 7.16. The molecule has 1 saturated heterocycles. The van der Waals surface area contributed by atoms with Gasteiger partial charge in [0.05, 0.1) is 0 Å². The maximum absolute atomic E-state index is 4.71. The fourth-order valence-corrected chi connectivity index (χ4v) is 3.94. The van der Waals surface area contributed by atoms with E-state index in [9.17, 15) is 0 Å². The van der Waals surface area contributed by atoms with Crippen LogP contribution in [0.3, 0.4) is 0 Å². The fourth-order valence-electron chi connectivity index (χ4n) is 2.03. The lowest BCUT2D eigenvalue weighted by Gasteiger charge is -2.25. The standard InChI is InChI=1S/C11H17N3S2/c1-8-4-6-15-7-5-14(8)11-12-10(13-16-11)9-2-3-9/h8-9H,2-7H2,1H3. The number of nitrogens with zero attached hydrogens (tertiary/aromatic N) is 3. The summed E-state index contributed by atoms with van der Waals surface area (Å²) in [7, 11) is 0. The van der Waals surface area contributed by atoms with E-state index in [4.69, 9.17) is 4.98 Å². The van der Waals surface area contributed by atoms with E-state index in [1.165, 1.54) is 30.8 Å². The van der Waals surface area contributed by atoms with E-state index in [1.807, 2.05) is 0 Å². The average Bonchev–Trinajstić information content (AvgIpc) is 3.06. The zero-order valence-electron chi connectivity index (χ0n) is 9.56. The first-order valence-corrected chi connectivity index (χ1v) is 7.95. The van der Waals surface area contributed by atoms with Crippen LogP contribution in [-0.2, 0) is 0 Å². The summed E-state index contributed by atoms with van der Waals surface area (Å²) in [6, 6.07) is 0.620. The van der Waals surface area contributed by atoms with Crippen LogP contribution in [0.5, 0.6) is 0 Å². The molecule has 88 valence electrons. The third-order valence-electron chi connectivity index (χ3n) is 3.31.